The van der Waals surface area contributed by atoms with Crippen LogP contribution in [0, 0.1) is 0 Å². The van der Waals surface area contributed by atoms with E-state index in [1.807, 2.05) is 6.92 Å². The highest BCUT2D eigenvalue weighted by Gasteiger charge is 2.38. The Hall–Kier alpha value is 0.0569. The van der Waals surface area contributed by atoms with Gasteiger partial charge in [0.05, 0.1) is 6.61 Å². The van der Waals surface area contributed by atoms with E-state index in [4.69, 9.17) is 18.3 Å². The Morgan fingerprint density at radius 1 is 1.29 bits per heavy atom. The van der Waals surface area contributed by atoms with Crippen LogP contribution in [0.1, 0.15) is 13.8 Å². The summed E-state index contributed by atoms with van der Waals surface area (Å²) in [6.45, 7) is 4.76. The summed E-state index contributed by atoms with van der Waals surface area (Å²) in [5.74, 6) is 0. The van der Waals surface area contributed by atoms with E-state index in [-0.39, 0.29) is 12.4 Å². The molecule has 0 radical (unpaired) electrons. The van der Waals surface area contributed by atoms with Crippen LogP contribution < -0.4 is 0 Å². The first kappa shape index (κ1) is 12.1. The van der Waals surface area contributed by atoms with Crippen LogP contribution in [0.15, 0.2) is 0 Å². The molecule has 1 rings (SSSR count). The highest BCUT2D eigenvalue weighted by molar-refractivity contribution is 6.67. The van der Waals surface area contributed by atoms with Crippen molar-refractivity contribution in [2.24, 2.45) is 0 Å². The molecule has 1 aliphatic heterocycles. The van der Waals surface area contributed by atoms with Crippen LogP contribution in [0.5, 0.6) is 0 Å². The summed E-state index contributed by atoms with van der Waals surface area (Å²) in [6, 6.07) is 1.81. The lowest BCUT2D eigenvalue weighted by molar-refractivity contribution is 0.0544. The van der Waals surface area contributed by atoms with Crippen molar-refractivity contribution < 1.29 is 18.3 Å². The Bertz CT molecular complexity index is 164. The lowest BCUT2D eigenvalue weighted by Crippen LogP contribution is -2.40. The van der Waals surface area contributed by atoms with Gasteiger partial charge in [-0.05, 0) is 13.0 Å². The monoisotopic (exact) mass is 220 g/mol. The summed E-state index contributed by atoms with van der Waals surface area (Å²) < 4.78 is 21.5. The van der Waals surface area contributed by atoms with Crippen LogP contribution in [0.2, 0.25) is 12.1 Å². The topological polar surface area (TPSA) is 40.2 Å². The molecular weight excluding hydrogens is 200 g/mol. The van der Waals surface area contributed by atoms with Crippen molar-refractivity contribution in [2.45, 2.75) is 38.3 Å². The number of hydrogen-bond donors (Lipinski definition) is 0. The number of ether oxygens (including phenoxy) is 2. The molecule has 0 N–H and O–H groups in total. The number of hydrogen-bond acceptors (Lipinski definition) is 4. The summed E-state index contributed by atoms with van der Waals surface area (Å²) in [5.41, 5.74) is 0. The fourth-order valence-corrected chi connectivity index (χ4v) is 3.36. The van der Waals surface area contributed by atoms with E-state index >= 15 is 0 Å². The lowest BCUT2D eigenvalue weighted by atomic mass is 10.5. The second-order valence-corrected chi connectivity index (χ2v) is 7.35. The van der Waals surface area contributed by atoms with Crippen molar-refractivity contribution >= 4 is 8.56 Å². The molecule has 1 saturated heterocycles. The van der Waals surface area contributed by atoms with Gasteiger partial charge in [-0.1, -0.05) is 6.92 Å². The predicted octanol–water partition coefficient (Wildman–Crippen LogP) is 1.50. The lowest BCUT2D eigenvalue weighted by Gasteiger charge is -2.25. The number of epoxide rings is 1. The largest absolute Gasteiger partial charge is 0.398 e. The van der Waals surface area contributed by atoms with Gasteiger partial charge in [-0.2, -0.15) is 0 Å². The van der Waals surface area contributed by atoms with E-state index in [1.54, 1.807) is 14.2 Å². The minimum atomic E-state index is -1.96. The molecule has 0 aliphatic carbocycles. The summed E-state index contributed by atoms with van der Waals surface area (Å²) in [4.78, 5) is 0. The highest BCUT2D eigenvalue weighted by Crippen LogP contribution is 2.24. The summed E-state index contributed by atoms with van der Waals surface area (Å²) >= 11 is 0. The molecule has 5 heteroatoms. The first-order valence-electron chi connectivity index (χ1n) is 5.05. The molecule has 84 valence electrons. The highest BCUT2D eigenvalue weighted by atomic mass is 28.4. The third-order valence-electron chi connectivity index (χ3n) is 2.70. The Kier molecular flexibility index (Phi) is 4.53. The van der Waals surface area contributed by atoms with Gasteiger partial charge in [-0.25, -0.2) is 0 Å². The van der Waals surface area contributed by atoms with Gasteiger partial charge in [0.25, 0.3) is 0 Å². The van der Waals surface area contributed by atoms with Crippen molar-refractivity contribution in [3.63, 3.8) is 0 Å². The third kappa shape index (κ3) is 3.03. The second-order valence-electron chi connectivity index (χ2n) is 3.50. The summed E-state index contributed by atoms with van der Waals surface area (Å²) in [5, 5.41) is 0. The van der Waals surface area contributed by atoms with Gasteiger partial charge in [0.2, 0.25) is 0 Å². The predicted molar refractivity (Wildman–Crippen MR) is 55.3 cm³/mol. The molecule has 14 heavy (non-hydrogen) atoms. The molecule has 1 aliphatic rings. The van der Waals surface area contributed by atoms with Gasteiger partial charge >= 0.3 is 8.56 Å². The van der Waals surface area contributed by atoms with Crippen LogP contribution in [-0.2, 0) is 18.3 Å². The summed E-state index contributed by atoms with van der Waals surface area (Å²) in [6.07, 6.45) is 0.269. The maximum Gasteiger partial charge on any atom is 0.339 e. The van der Waals surface area contributed by atoms with Crippen LogP contribution in [0.4, 0.5) is 0 Å². The third-order valence-corrected chi connectivity index (χ3v) is 6.23. The van der Waals surface area contributed by atoms with Gasteiger partial charge in [-0.15, -0.1) is 0 Å². The zero-order valence-corrected chi connectivity index (χ0v) is 10.4. The van der Waals surface area contributed by atoms with Gasteiger partial charge in [0.1, 0.15) is 6.10 Å². The van der Waals surface area contributed by atoms with E-state index in [1.165, 1.54) is 0 Å². The zero-order chi connectivity index (χ0) is 10.6. The van der Waals surface area contributed by atoms with E-state index in [2.05, 4.69) is 6.92 Å². The van der Waals surface area contributed by atoms with E-state index < -0.39 is 8.56 Å². The van der Waals surface area contributed by atoms with Crippen LogP contribution >= 0.6 is 0 Å². The van der Waals surface area contributed by atoms with Gasteiger partial charge < -0.3 is 18.3 Å². The molecule has 1 heterocycles. The molecule has 0 saturated carbocycles. The Balaban J connectivity index is 2.19. The second kappa shape index (κ2) is 5.23. The smallest absolute Gasteiger partial charge is 0.339 e. The van der Waals surface area contributed by atoms with Crippen LogP contribution in [0.3, 0.4) is 0 Å². The van der Waals surface area contributed by atoms with Gasteiger partial charge in [0, 0.05) is 20.3 Å². The molecule has 0 amide bonds. The summed E-state index contributed by atoms with van der Waals surface area (Å²) in [7, 11) is 1.48. The fraction of sp³-hybridized carbons (Fsp3) is 1.00. The molecule has 0 aromatic carbocycles. The normalized spacial score (nSPS) is 26.6. The standard InChI is InChI=1S/C9H20O4Si/c1-5-14(10-3,11-4)7-6-12-9-8(2)13-9/h8-9H,5-7H2,1-4H3. The van der Waals surface area contributed by atoms with Crippen molar-refractivity contribution in [3.8, 4) is 0 Å². The average Bonchev–Trinajstić information content (AvgIpc) is 2.90. The minimum absolute atomic E-state index is 0.00673. The molecule has 0 aromatic heterocycles. The zero-order valence-electron chi connectivity index (χ0n) is 9.41. The molecular formula is C9H20O4Si. The minimum Gasteiger partial charge on any atom is -0.398 e. The molecule has 4 nitrogen and oxygen atoms in total. The fourth-order valence-electron chi connectivity index (χ4n) is 1.42. The van der Waals surface area contributed by atoms with Crippen LogP contribution in [-0.4, -0.2) is 41.8 Å². The number of rotatable bonds is 7. The maximum absolute atomic E-state index is 5.48. The van der Waals surface area contributed by atoms with Crippen LogP contribution in [0.25, 0.3) is 0 Å². The Labute approximate surface area is 86.7 Å². The van der Waals surface area contributed by atoms with E-state index in [0.717, 1.165) is 12.1 Å². The molecule has 0 bridgehead atoms. The van der Waals surface area contributed by atoms with Gasteiger partial charge in [-0.3, -0.25) is 0 Å². The molecule has 2 unspecified atom stereocenters. The van der Waals surface area contributed by atoms with E-state index in [9.17, 15) is 0 Å². The van der Waals surface area contributed by atoms with Crippen molar-refractivity contribution in [1.29, 1.82) is 0 Å². The van der Waals surface area contributed by atoms with E-state index in [0.29, 0.717) is 6.61 Å². The quantitative estimate of drug-likeness (QED) is 0.481. The Morgan fingerprint density at radius 3 is 2.21 bits per heavy atom. The Morgan fingerprint density at radius 2 is 1.86 bits per heavy atom. The van der Waals surface area contributed by atoms with Crippen molar-refractivity contribution in [3.05, 3.63) is 0 Å². The average molecular weight is 220 g/mol. The molecule has 0 aromatic rings. The first-order chi connectivity index (χ1) is 6.67. The molecule has 0 spiro atoms. The van der Waals surface area contributed by atoms with Crippen molar-refractivity contribution in [2.75, 3.05) is 20.8 Å². The molecule has 2 atom stereocenters. The molecule has 1 fully saturated rings. The van der Waals surface area contributed by atoms with Gasteiger partial charge in [0.15, 0.2) is 6.29 Å². The van der Waals surface area contributed by atoms with Crippen molar-refractivity contribution in [1.82, 2.24) is 0 Å². The maximum atomic E-state index is 5.48. The first-order valence-corrected chi connectivity index (χ1v) is 7.28. The SMILES string of the molecule is CC[Si](CCOC1OC1C)(OC)OC.